The number of aromatic hydroxyl groups is 1. The highest BCUT2D eigenvalue weighted by molar-refractivity contribution is 9.11. The van der Waals surface area contributed by atoms with Crippen molar-refractivity contribution in [1.82, 2.24) is 4.98 Å². The number of hydrogen-bond donors (Lipinski definition) is 1. The predicted molar refractivity (Wildman–Crippen MR) is 65.5 cm³/mol. The molecule has 1 unspecified atom stereocenters. The van der Waals surface area contributed by atoms with Gasteiger partial charge in [0.1, 0.15) is 5.75 Å². The number of alkyl halides is 1. The zero-order chi connectivity index (χ0) is 10.1. The van der Waals surface area contributed by atoms with Gasteiger partial charge in [0, 0.05) is 0 Å². The lowest BCUT2D eigenvalue weighted by atomic mass is 10.3. The van der Waals surface area contributed by atoms with E-state index in [0.717, 1.165) is 14.6 Å². The molecule has 74 valence electrons. The highest BCUT2D eigenvalue weighted by Gasteiger charge is 2.07. The monoisotopic (exact) mass is 289 g/mol. The average Bonchev–Trinajstić information content (AvgIpc) is 2.44. The van der Waals surface area contributed by atoms with E-state index < -0.39 is 0 Å². The lowest BCUT2D eigenvalue weighted by molar-refractivity contribution is 0.476. The molecule has 0 aliphatic heterocycles. The molecule has 5 heteroatoms. The molecule has 1 N–H and O–H groups in total. The van der Waals surface area contributed by atoms with Crippen LogP contribution in [0.25, 0.3) is 10.2 Å². The van der Waals surface area contributed by atoms with Gasteiger partial charge in [0.05, 0.1) is 14.4 Å². The number of benzene rings is 1. The molecular weight excluding hydrogens is 282 g/mol. The Kier molecular flexibility index (Phi) is 2.99. The van der Waals surface area contributed by atoms with Crippen molar-refractivity contribution < 1.29 is 5.11 Å². The number of phenolic OH excluding ortho intramolecular Hbond substituents is 1. The first-order valence-electron chi connectivity index (χ1n) is 4.05. The topological polar surface area (TPSA) is 33.1 Å². The number of thioether (sulfide) groups is 1. The molecule has 2 rings (SSSR count). The highest BCUT2D eigenvalue weighted by atomic mass is 79.9. The Morgan fingerprint density at radius 1 is 1.57 bits per heavy atom. The second kappa shape index (κ2) is 4.08. The van der Waals surface area contributed by atoms with Crippen LogP contribution in [0.15, 0.2) is 22.5 Å². The molecule has 0 amide bonds. The molecule has 1 atom stereocenters. The maximum absolute atomic E-state index is 9.28. The minimum Gasteiger partial charge on any atom is -0.508 e. The van der Waals surface area contributed by atoms with Crippen molar-refractivity contribution in [1.29, 1.82) is 0 Å². The Morgan fingerprint density at radius 3 is 3.07 bits per heavy atom. The molecule has 2 aromatic rings. The smallest absolute Gasteiger partial charge is 0.152 e. The maximum Gasteiger partial charge on any atom is 0.152 e. The van der Waals surface area contributed by atoms with Crippen molar-refractivity contribution in [3.63, 3.8) is 0 Å². The molecular formula is C9H8BrNOS2. The summed E-state index contributed by atoms with van der Waals surface area (Å²) in [6.07, 6.45) is 0. The first-order chi connectivity index (χ1) is 6.65. The van der Waals surface area contributed by atoms with Gasteiger partial charge in [-0.3, -0.25) is 0 Å². The molecule has 1 heterocycles. The van der Waals surface area contributed by atoms with Crippen molar-refractivity contribution >= 4 is 49.2 Å². The van der Waals surface area contributed by atoms with Gasteiger partial charge < -0.3 is 5.11 Å². The second-order valence-electron chi connectivity index (χ2n) is 2.79. The van der Waals surface area contributed by atoms with E-state index in [-0.39, 0.29) is 0 Å². The van der Waals surface area contributed by atoms with E-state index >= 15 is 0 Å². The zero-order valence-electron chi connectivity index (χ0n) is 7.40. The molecule has 14 heavy (non-hydrogen) atoms. The molecule has 0 radical (unpaired) electrons. The Labute approximate surface area is 98.5 Å². The van der Waals surface area contributed by atoms with Crippen LogP contribution in [0.1, 0.15) is 6.92 Å². The summed E-state index contributed by atoms with van der Waals surface area (Å²) in [4.78, 5) is 4.43. The summed E-state index contributed by atoms with van der Waals surface area (Å²) in [6.45, 7) is 2.06. The molecule has 0 saturated heterocycles. The molecule has 0 fully saturated rings. The van der Waals surface area contributed by atoms with Gasteiger partial charge in [-0.05, 0) is 25.1 Å². The summed E-state index contributed by atoms with van der Waals surface area (Å²) >= 11 is 6.74. The van der Waals surface area contributed by atoms with Crippen LogP contribution >= 0.6 is 39.0 Å². The van der Waals surface area contributed by atoms with Crippen molar-refractivity contribution in [3.8, 4) is 5.75 Å². The fraction of sp³-hybridized carbons (Fsp3) is 0.222. The lowest BCUT2D eigenvalue weighted by Gasteiger charge is -1.95. The summed E-state index contributed by atoms with van der Waals surface area (Å²) in [5.74, 6) is 0.296. The molecule has 0 bridgehead atoms. The van der Waals surface area contributed by atoms with Crippen LogP contribution < -0.4 is 0 Å². The number of fused-ring (bicyclic) bond motifs is 1. The van der Waals surface area contributed by atoms with Crippen LogP contribution in [0.3, 0.4) is 0 Å². The van der Waals surface area contributed by atoms with E-state index in [2.05, 4.69) is 27.8 Å². The third-order valence-electron chi connectivity index (χ3n) is 1.62. The lowest BCUT2D eigenvalue weighted by Crippen LogP contribution is -1.78. The van der Waals surface area contributed by atoms with Gasteiger partial charge in [-0.15, -0.1) is 11.3 Å². The van der Waals surface area contributed by atoms with Gasteiger partial charge in [0.15, 0.2) is 4.34 Å². The number of nitrogens with zero attached hydrogens (tertiary/aromatic N) is 1. The van der Waals surface area contributed by atoms with Crippen LogP contribution in [0, 0.1) is 0 Å². The Hall–Kier alpha value is -0.260. The second-order valence-corrected chi connectivity index (χ2v) is 7.39. The number of hydrogen-bond acceptors (Lipinski definition) is 4. The Bertz CT molecular complexity index is 455. The number of halogens is 1. The fourth-order valence-corrected chi connectivity index (χ4v) is 4.04. The molecule has 1 aromatic carbocycles. The van der Waals surface area contributed by atoms with E-state index in [0.29, 0.717) is 9.91 Å². The first kappa shape index (κ1) is 10.3. The zero-order valence-corrected chi connectivity index (χ0v) is 10.6. The number of thiazole rings is 1. The first-order valence-corrected chi connectivity index (χ1v) is 6.66. The van der Waals surface area contributed by atoms with Crippen LogP contribution in [0.5, 0.6) is 5.75 Å². The third-order valence-corrected chi connectivity index (χ3v) is 4.15. The van der Waals surface area contributed by atoms with E-state index in [4.69, 9.17) is 0 Å². The quantitative estimate of drug-likeness (QED) is 0.674. The summed E-state index contributed by atoms with van der Waals surface area (Å²) in [6, 6.07) is 5.24. The van der Waals surface area contributed by atoms with Crippen LogP contribution in [0.2, 0.25) is 0 Å². The number of aromatic nitrogens is 1. The Morgan fingerprint density at radius 2 is 2.36 bits per heavy atom. The van der Waals surface area contributed by atoms with E-state index in [1.807, 2.05) is 6.07 Å². The Balaban J connectivity index is 2.41. The average molecular weight is 290 g/mol. The summed E-state index contributed by atoms with van der Waals surface area (Å²) in [5.41, 5.74) is 0.948. The van der Waals surface area contributed by atoms with Crippen molar-refractivity contribution in [2.75, 3.05) is 0 Å². The maximum atomic E-state index is 9.28. The summed E-state index contributed by atoms with van der Waals surface area (Å²) in [7, 11) is 0. The third kappa shape index (κ3) is 2.21. The van der Waals surface area contributed by atoms with E-state index in [1.165, 1.54) is 0 Å². The van der Waals surface area contributed by atoms with Gasteiger partial charge in [0.2, 0.25) is 0 Å². The highest BCUT2D eigenvalue weighted by Crippen LogP contribution is 2.34. The molecule has 0 aliphatic carbocycles. The van der Waals surface area contributed by atoms with Crippen molar-refractivity contribution in [2.24, 2.45) is 0 Å². The van der Waals surface area contributed by atoms with Crippen LogP contribution in [-0.4, -0.2) is 14.2 Å². The van der Waals surface area contributed by atoms with Crippen molar-refractivity contribution in [2.45, 2.75) is 15.4 Å². The van der Waals surface area contributed by atoms with Crippen LogP contribution in [-0.2, 0) is 0 Å². The minimum atomic E-state index is 0.296. The van der Waals surface area contributed by atoms with Crippen molar-refractivity contribution in [3.05, 3.63) is 18.2 Å². The van der Waals surface area contributed by atoms with Gasteiger partial charge >= 0.3 is 0 Å². The van der Waals surface area contributed by atoms with Gasteiger partial charge in [0.25, 0.3) is 0 Å². The van der Waals surface area contributed by atoms with E-state index in [1.54, 1.807) is 35.2 Å². The van der Waals surface area contributed by atoms with Gasteiger partial charge in [-0.1, -0.05) is 27.7 Å². The minimum absolute atomic E-state index is 0.296. The standard InChI is InChI=1S/C9H8BrNOS2/c1-5(10)13-9-11-7-3-2-6(12)4-8(7)14-9/h2-5,12H,1H3. The number of phenols is 1. The molecule has 0 spiro atoms. The SMILES string of the molecule is CC(Br)Sc1nc2ccc(O)cc2s1. The number of rotatable bonds is 2. The normalized spacial score (nSPS) is 13.3. The van der Waals surface area contributed by atoms with E-state index in [9.17, 15) is 5.11 Å². The molecule has 1 aromatic heterocycles. The molecule has 2 nitrogen and oxygen atoms in total. The predicted octanol–water partition coefficient (Wildman–Crippen LogP) is 3.83. The van der Waals surface area contributed by atoms with Gasteiger partial charge in [-0.2, -0.15) is 0 Å². The largest absolute Gasteiger partial charge is 0.508 e. The molecule has 0 saturated carbocycles. The summed E-state index contributed by atoms with van der Waals surface area (Å²) in [5, 5.41) is 9.28. The fourth-order valence-electron chi connectivity index (χ4n) is 1.08. The summed E-state index contributed by atoms with van der Waals surface area (Å²) < 4.78 is 2.41. The van der Waals surface area contributed by atoms with Crippen LogP contribution in [0.4, 0.5) is 0 Å². The van der Waals surface area contributed by atoms with Gasteiger partial charge in [-0.25, -0.2) is 4.98 Å². The molecule has 0 aliphatic rings.